The summed E-state index contributed by atoms with van der Waals surface area (Å²) in [6.07, 6.45) is 1.76. The minimum atomic E-state index is -0.101. The molecule has 0 bridgehead atoms. The fourth-order valence-electron chi connectivity index (χ4n) is 2.34. The Labute approximate surface area is 144 Å². The van der Waals surface area contributed by atoms with Gasteiger partial charge in [-0.15, -0.1) is 0 Å². The maximum absolute atomic E-state index is 13.0. The van der Waals surface area contributed by atoms with Gasteiger partial charge in [-0.25, -0.2) is 14.5 Å². The highest BCUT2D eigenvalue weighted by Gasteiger charge is 2.13. The van der Waals surface area contributed by atoms with E-state index in [1.165, 1.54) is 11.8 Å². The molecule has 0 radical (unpaired) electrons. The zero-order chi connectivity index (χ0) is 16.9. The first-order valence-corrected chi connectivity index (χ1v) is 8.84. The van der Waals surface area contributed by atoms with E-state index in [9.17, 15) is 4.79 Å². The molecule has 0 unspecified atom stereocenters. The minimum Gasteiger partial charge on any atom is -0.381 e. The van der Waals surface area contributed by atoms with Gasteiger partial charge >= 0.3 is 0 Å². The molecule has 3 aromatic rings. The van der Waals surface area contributed by atoms with Crippen molar-refractivity contribution in [1.29, 1.82) is 0 Å². The molecule has 0 atom stereocenters. The first kappa shape index (κ1) is 16.7. The molecule has 0 amide bonds. The summed E-state index contributed by atoms with van der Waals surface area (Å²) in [5.74, 6) is 1.31. The maximum atomic E-state index is 13.0. The fourth-order valence-corrected chi connectivity index (χ4v) is 3.19. The van der Waals surface area contributed by atoms with Crippen LogP contribution in [0.2, 0.25) is 0 Å². The molecule has 0 spiro atoms. The number of benzene rings is 1. The van der Waals surface area contributed by atoms with Gasteiger partial charge in [-0.1, -0.05) is 30.0 Å². The quantitative estimate of drug-likeness (QED) is 0.391. The lowest BCUT2D eigenvalue weighted by molar-refractivity contribution is 0.164. The number of aryl methyl sites for hydroxylation is 1. The third kappa shape index (κ3) is 3.49. The number of para-hydroxylation sites is 1. The second-order valence-corrected chi connectivity index (χ2v) is 6.35. The normalized spacial score (nSPS) is 11.1. The van der Waals surface area contributed by atoms with Crippen LogP contribution in [0.4, 0.5) is 0 Å². The van der Waals surface area contributed by atoms with E-state index in [1.807, 2.05) is 44.2 Å². The Morgan fingerprint density at radius 3 is 2.79 bits per heavy atom. The lowest BCUT2D eigenvalue weighted by Gasteiger charge is -2.12. The summed E-state index contributed by atoms with van der Waals surface area (Å²) in [5.41, 5.74) is 1.65. The van der Waals surface area contributed by atoms with E-state index in [0.717, 1.165) is 11.3 Å². The fraction of sp³-hybridized carbons (Fsp3) is 0.278. The average Bonchev–Trinajstić information content (AvgIpc) is 2.60. The number of nitrogens with zero attached hydrogens (tertiary/aromatic N) is 3. The Hall–Kier alpha value is -2.18. The molecule has 0 aliphatic rings. The van der Waals surface area contributed by atoms with Crippen molar-refractivity contribution in [3.63, 3.8) is 0 Å². The Kier molecular flexibility index (Phi) is 5.27. The first-order chi connectivity index (χ1) is 11.7. The summed E-state index contributed by atoms with van der Waals surface area (Å²) in [6, 6.07) is 11.2. The van der Waals surface area contributed by atoms with E-state index in [-0.39, 0.29) is 5.56 Å². The molecule has 3 rings (SSSR count). The standard InChI is InChI=1S/C18H19N3O2S/c1-3-23-10-11-24-18-20-15-7-5-4-6-14(15)17(22)21(18)16-9-8-13(2)12-19-16/h4-9,12H,3,10-11H2,1-2H3. The van der Waals surface area contributed by atoms with Crippen molar-refractivity contribution < 1.29 is 4.74 Å². The molecule has 6 heteroatoms. The van der Waals surface area contributed by atoms with Crippen LogP contribution in [0.5, 0.6) is 0 Å². The minimum absolute atomic E-state index is 0.101. The first-order valence-electron chi connectivity index (χ1n) is 7.86. The number of fused-ring (bicyclic) bond motifs is 1. The van der Waals surface area contributed by atoms with E-state index in [0.29, 0.717) is 35.1 Å². The Bertz CT molecular complexity index is 891. The van der Waals surface area contributed by atoms with Crippen molar-refractivity contribution in [2.75, 3.05) is 19.0 Å². The van der Waals surface area contributed by atoms with Gasteiger partial charge in [0.1, 0.15) is 5.82 Å². The molecule has 124 valence electrons. The molecule has 0 aliphatic carbocycles. The van der Waals surface area contributed by atoms with Gasteiger partial charge in [0.25, 0.3) is 5.56 Å². The number of hydrogen-bond donors (Lipinski definition) is 0. The van der Waals surface area contributed by atoms with E-state index < -0.39 is 0 Å². The van der Waals surface area contributed by atoms with E-state index >= 15 is 0 Å². The monoisotopic (exact) mass is 341 g/mol. The summed E-state index contributed by atoms with van der Waals surface area (Å²) >= 11 is 1.50. The summed E-state index contributed by atoms with van der Waals surface area (Å²) in [7, 11) is 0. The number of pyridine rings is 1. The second-order valence-electron chi connectivity index (χ2n) is 5.29. The van der Waals surface area contributed by atoms with Gasteiger partial charge in [-0.2, -0.15) is 0 Å². The van der Waals surface area contributed by atoms with Gasteiger partial charge in [0.2, 0.25) is 0 Å². The molecule has 2 aromatic heterocycles. The van der Waals surface area contributed by atoms with Gasteiger partial charge in [0, 0.05) is 18.6 Å². The van der Waals surface area contributed by atoms with Gasteiger partial charge in [0.05, 0.1) is 17.5 Å². The van der Waals surface area contributed by atoms with Crippen molar-refractivity contribution in [3.8, 4) is 5.82 Å². The van der Waals surface area contributed by atoms with Crippen LogP contribution in [0.25, 0.3) is 16.7 Å². The highest BCUT2D eigenvalue weighted by atomic mass is 32.2. The van der Waals surface area contributed by atoms with Gasteiger partial charge in [0.15, 0.2) is 5.16 Å². The molecule has 0 fully saturated rings. The third-order valence-electron chi connectivity index (χ3n) is 3.53. The molecule has 24 heavy (non-hydrogen) atoms. The summed E-state index contributed by atoms with van der Waals surface area (Å²) in [6.45, 7) is 5.23. The number of aromatic nitrogens is 3. The largest absolute Gasteiger partial charge is 0.381 e. The van der Waals surface area contributed by atoms with Crippen LogP contribution in [0.1, 0.15) is 12.5 Å². The lowest BCUT2D eigenvalue weighted by atomic mass is 10.2. The number of thioether (sulfide) groups is 1. The van der Waals surface area contributed by atoms with E-state index in [1.54, 1.807) is 16.8 Å². The van der Waals surface area contributed by atoms with Crippen molar-refractivity contribution in [3.05, 3.63) is 58.5 Å². The van der Waals surface area contributed by atoms with Crippen LogP contribution in [-0.4, -0.2) is 33.5 Å². The van der Waals surface area contributed by atoms with Crippen LogP contribution < -0.4 is 5.56 Å². The predicted molar refractivity (Wildman–Crippen MR) is 97.1 cm³/mol. The smallest absolute Gasteiger partial charge is 0.267 e. The number of rotatable bonds is 6. The average molecular weight is 341 g/mol. The molecule has 0 N–H and O–H groups in total. The zero-order valence-corrected chi connectivity index (χ0v) is 14.5. The highest BCUT2D eigenvalue weighted by molar-refractivity contribution is 7.99. The molecule has 0 saturated heterocycles. The van der Waals surface area contributed by atoms with Crippen LogP contribution in [0.15, 0.2) is 52.5 Å². The molecule has 1 aromatic carbocycles. The summed E-state index contributed by atoms with van der Waals surface area (Å²) in [4.78, 5) is 22.0. The zero-order valence-electron chi connectivity index (χ0n) is 13.7. The second kappa shape index (κ2) is 7.59. The summed E-state index contributed by atoms with van der Waals surface area (Å²) < 4.78 is 6.96. The Balaban J connectivity index is 2.10. The molecule has 5 nitrogen and oxygen atoms in total. The molecular weight excluding hydrogens is 322 g/mol. The molecule has 0 saturated carbocycles. The van der Waals surface area contributed by atoms with Crippen LogP contribution in [-0.2, 0) is 4.74 Å². The third-order valence-corrected chi connectivity index (χ3v) is 4.44. The predicted octanol–water partition coefficient (Wildman–Crippen LogP) is 3.22. The highest BCUT2D eigenvalue weighted by Crippen LogP contribution is 2.20. The SMILES string of the molecule is CCOCCSc1nc2ccccc2c(=O)n1-c1ccc(C)cn1. The van der Waals surface area contributed by atoms with Crippen LogP contribution >= 0.6 is 11.8 Å². The van der Waals surface area contributed by atoms with Gasteiger partial charge in [-0.05, 0) is 37.6 Å². The topological polar surface area (TPSA) is 57.0 Å². The Morgan fingerprint density at radius 2 is 2.04 bits per heavy atom. The molecule has 2 heterocycles. The van der Waals surface area contributed by atoms with Crippen molar-refractivity contribution in [2.45, 2.75) is 19.0 Å². The van der Waals surface area contributed by atoms with Gasteiger partial charge < -0.3 is 4.74 Å². The summed E-state index contributed by atoms with van der Waals surface area (Å²) in [5, 5.41) is 1.23. The van der Waals surface area contributed by atoms with E-state index in [4.69, 9.17) is 4.74 Å². The van der Waals surface area contributed by atoms with Crippen LogP contribution in [0.3, 0.4) is 0 Å². The number of ether oxygens (including phenoxy) is 1. The number of hydrogen-bond acceptors (Lipinski definition) is 5. The van der Waals surface area contributed by atoms with Crippen LogP contribution in [0, 0.1) is 6.92 Å². The molecular formula is C18H19N3O2S. The van der Waals surface area contributed by atoms with Crippen molar-refractivity contribution in [1.82, 2.24) is 14.5 Å². The van der Waals surface area contributed by atoms with Crippen molar-refractivity contribution in [2.24, 2.45) is 0 Å². The Morgan fingerprint density at radius 1 is 1.21 bits per heavy atom. The van der Waals surface area contributed by atoms with E-state index in [2.05, 4.69) is 9.97 Å². The maximum Gasteiger partial charge on any atom is 0.267 e. The molecule has 0 aliphatic heterocycles. The lowest BCUT2D eigenvalue weighted by Crippen LogP contribution is -2.22. The van der Waals surface area contributed by atoms with Gasteiger partial charge in [-0.3, -0.25) is 4.79 Å². The van der Waals surface area contributed by atoms with Crippen molar-refractivity contribution >= 4 is 22.7 Å².